The molecule has 1 aliphatic carbocycles. The number of aromatic nitrogens is 3. The maximum absolute atomic E-state index is 13.5. The number of benzene rings is 1. The van der Waals surface area contributed by atoms with E-state index >= 15 is 0 Å². The Morgan fingerprint density at radius 3 is 2.75 bits per heavy atom. The summed E-state index contributed by atoms with van der Waals surface area (Å²) in [5.74, 6) is 0.482. The summed E-state index contributed by atoms with van der Waals surface area (Å²) in [5.41, 5.74) is 1.13. The molecular formula is C19H20N6OS2. The van der Waals surface area contributed by atoms with Crippen LogP contribution in [0.2, 0.25) is 0 Å². The van der Waals surface area contributed by atoms with Gasteiger partial charge in [-0.25, -0.2) is 5.10 Å². The largest absolute Gasteiger partial charge is 0.337 e. The van der Waals surface area contributed by atoms with Gasteiger partial charge < -0.3 is 4.90 Å². The molecule has 3 heterocycles. The lowest BCUT2D eigenvalue weighted by Gasteiger charge is -2.30. The minimum atomic E-state index is 0.0531. The lowest BCUT2D eigenvalue weighted by molar-refractivity contribution is -0.124. The zero-order valence-corrected chi connectivity index (χ0v) is 17.1. The molecule has 0 bridgehead atoms. The number of thioether (sulfide) groups is 2. The van der Waals surface area contributed by atoms with E-state index in [4.69, 9.17) is 0 Å². The van der Waals surface area contributed by atoms with Gasteiger partial charge in [0.25, 0.3) is 5.91 Å². The van der Waals surface area contributed by atoms with Crippen molar-refractivity contribution in [3.63, 3.8) is 0 Å². The van der Waals surface area contributed by atoms with Crippen LogP contribution in [0.25, 0.3) is 0 Å². The molecule has 0 radical (unpaired) electrons. The van der Waals surface area contributed by atoms with Crippen LogP contribution in [-0.2, 0) is 4.79 Å². The van der Waals surface area contributed by atoms with Crippen molar-refractivity contribution >= 4 is 46.2 Å². The monoisotopic (exact) mass is 412 g/mol. The maximum Gasteiger partial charge on any atom is 0.269 e. The number of carbonyl (C=O) groups is 1. The summed E-state index contributed by atoms with van der Waals surface area (Å²) in [5, 5.41) is 8.32. The highest BCUT2D eigenvalue weighted by Gasteiger charge is 2.42. The van der Waals surface area contributed by atoms with E-state index in [-0.39, 0.29) is 11.9 Å². The zero-order valence-electron chi connectivity index (χ0n) is 15.5. The van der Waals surface area contributed by atoms with E-state index in [1.54, 1.807) is 11.8 Å². The third-order valence-electron chi connectivity index (χ3n) is 5.29. The number of rotatable bonds is 2. The standard InChI is InChI=1S/C19H20N6OS2/c1-24-13-9-5-6-10-14(13)27-17(24)15-16(26)25(12-7-3-2-4-8-12)19(28-15)22-18-20-11-21-23-18/h5-6,9-12H,2-4,7-8H2,1H3,(H,20,21,23). The Labute approximate surface area is 171 Å². The number of nitrogens with one attached hydrogen (secondary N) is 1. The van der Waals surface area contributed by atoms with E-state index in [1.807, 2.05) is 24.1 Å². The number of H-pyrrole nitrogens is 1. The SMILES string of the molecule is CN1C(=C2SC(=Nc3ncn[nH]3)N(C3CCCCC3)C2=O)Sc2ccccc21. The number of hydrogen-bond donors (Lipinski definition) is 1. The molecule has 28 heavy (non-hydrogen) atoms. The van der Waals surface area contributed by atoms with Crippen molar-refractivity contribution in [2.24, 2.45) is 4.99 Å². The molecule has 1 N–H and O–H groups in total. The Bertz CT molecular complexity index is 965. The first-order valence-corrected chi connectivity index (χ1v) is 11.1. The van der Waals surface area contributed by atoms with E-state index < -0.39 is 0 Å². The topological polar surface area (TPSA) is 77.5 Å². The van der Waals surface area contributed by atoms with Crippen LogP contribution in [-0.4, -0.2) is 44.2 Å². The van der Waals surface area contributed by atoms with Gasteiger partial charge in [-0.05, 0) is 36.7 Å². The smallest absolute Gasteiger partial charge is 0.269 e. The maximum atomic E-state index is 13.5. The molecule has 0 atom stereocenters. The van der Waals surface area contributed by atoms with Gasteiger partial charge >= 0.3 is 0 Å². The summed E-state index contributed by atoms with van der Waals surface area (Å²) in [6.45, 7) is 0. The zero-order chi connectivity index (χ0) is 19.1. The van der Waals surface area contributed by atoms with Crippen LogP contribution in [0.1, 0.15) is 32.1 Å². The number of anilines is 1. The summed E-state index contributed by atoms with van der Waals surface area (Å²) in [7, 11) is 2.02. The van der Waals surface area contributed by atoms with E-state index in [9.17, 15) is 4.79 Å². The van der Waals surface area contributed by atoms with Crippen LogP contribution in [0.4, 0.5) is 11.6 Å². The van der Waals surface area contributed by atoms with Crippen molar-refractivity contribution in [1.29, 1.82) is 0 Å². The number of amidine groups is 1. The Hall–Kier alpha value is -2.26. The first-order valence-electron chi connectivity index (χ1n) is 9.43. The predicted molar refractivity (Wildman–Crippen MR) is 113 cm³/mol. The molecule has 2 aliphatic heterocycles. The van der Waals surface area contributed by atoms with Crippen molar-refractivity contribution < 1.29 is 4.79 Å². The second kappa shape index (κ2) is 7.29. The molecular weight excluding hydrogens is 392 g/mol. The molecule has 1 amide bonds. The average molecular weight is 413 g/mol. The van der Waals surface area contributed by atoms with E-state index in [0.717, 1.165) is 41.3 Å². The minimum Gasteiger partial charge on any atom is -0.337 e. The Morgan fingerprint density at radius 1 is 1.18 bits per heavy atom. The van der Waals surface area contributed by atoms with Crippen LogP contribution in [0, 0.1) is 0 Å². The molecule has 3 aliphatic rings. The number of amides is 1. The number of para-hydroxylation sites is 1. The summed E-state index contributed by atoms with van der Waals surface area (Å²) in [6, 6.07) is 8.44. The van der Waals surface area contributed by atoms with Gasteiger partial charge in [-0.15, -0.1) is 0 Å². The van der Waals surface area contributed by atoms with E-state index in [0.29, 0.717) is 11.1 Å². The fourth-order valence-corrected chi connectivity index (χ4v) is 6.28. The highest BCUT2D eigenvalue weighted by Crippen LogP contribution is 2.50. The summed E-state index contributed by atoms with van der Waals surface area (Å²) in [6.07, 6.45) is 7.02. The molecule has 1 saturated heterocycles. The molecule has 2 fully saturated rings. The number of nitrogens with zero attached hydrogens (tertiary/aromatic N) is 5. The molecule has 0 spiro atoms. The molecule has 1 saturated carbocycles. The number of hydrogen-bond acceptors (Lipinski definition) is 7. The van der Waals surface area contributed by atoms with Crippen LogP contribution in [0.5, 0.6) is 0 Å². The summed E-state index contributed by atoms with van der Waals surface area (Å²) < 4.78 is 0. The highest BCUT2D eigenvalue weighted by molar-refractivity contribution is 8.19. The number of carbonyl (C=O) groups excluding carboxylic acids is 1. The van der Waals surface area contributed by atoms with Crippen LogP contribution in [0.3, 0.4) is 0 Å². The summed E-state index contributed by atoms with van der Waals surface area (Å²) in [4.78, 5) is 28.2. The first-order chi connectivity index (χ1) is 13.7. The molecule has 5 rings (SSSR count). The van der Waals surface area contributed by atoms with Gasteiger partial charge in [-0.2, -0.15) is 15.1 Å². The van der Waals surface area contributed by atoms with E-state index in [1.165, 1.54) is 29.4 Å². The van der Waals surface area contributed by atoms with Crippen LogP contribution in [0.15, 0.2) is 50.4 Å². The lowest BCUT2D eigenvalue weighted by Crippen LogP contribution is -2.40. The van der Waals surface area contributed by atoms with Crippen LogP contribution < -0.4 is 4.90 Å². The number of fused-ring (bicyclic) bond motifs is 1. The molecule has 0 unspecified atom stereocenters. The van der Waals surface area contributed by atoms with Crippen molar-refractivity contribution in [2.75, 3.05) is 11.9 Å². The molecule has 144 valence electrons. The average Bonchev–Trinajstić information content (AvgIpc) is 3.42. The van der Waals surface area contributed by atoms with Crippen molar-refractivity contribution in [2.45, 2.75) is 43.0 Å². The normalized spacial score (nSPS) is 24.5. The van der Waals surface area contributed by atoms with Crippen LogP contribution >= 0.6 is 23.5 Å². The van der Waals surface area contributed by atoms with Crippen molar-refractivity contribution in [3.8, 4) is 0 Å². The molecule has 1 aromatic heterocycles. The molecule has 9 heteroatoms. The van der Waals surface area contributed by atoms with Gasteiger partial charge in [-0.3, -0.25) is 9.69 Å². The Balaban J connectivity index is 1.55. The summed E-state index contributed by atoms with van der Waals surface area (Å²) >= 11 is 3.10. The predicted octanol–water partition coefficient (Wildman–Crippen LogP) is 4.11. The van der Waals surface area contributed by atoms with Gasteiger partial charge in [-0.1, -0.05) is 43.2 Å². The van der Waals surface area contributed by atoms with Gasteiger partial charge in [0.05, 0.1) is 10.7 Å². The van der Waals surface area contributed by atoms with Gasteiger partial charge in [0, 0.05) is 18.0 Å². The fourth-order valence-electron chi connectivity index (χ4n) is 3.90. The third-order valence-corrected chi connectivity index (χ3v) is 7.70. The van der Waals surface area contributed by atoms with Gasteiger partial charge in [0.2, 0.25) is 5.95 Å². The second-order valence-corrected chi connectivity index (χ2v) is 9.04. The molecule has 7 nitrogen and oxygen atoms in total. The molecule has 2 aromatic rings. The van der Waals surface area contributed by atoms with Crippen molar-refractivity contribution in [1.82, 2.24) is 20.1 Å². The number of aromatic amines is 1. The van der Waals surface area contributed by atoms with Gasteiger partial charge in [0.1, 0.15) is 11.2 Å². The van der Waals surface area contributed by atoms with Gasteiger partial charge in [0.15, 0.2) is 5.17 Å². The minimum absolute atomic E-state index is 0.0531. The number of aliphatic imine (C=N–C) groups is 1. The fraction of sp³-hybridized carbons (Fsp3) is 0.368. The highest BCUT2D eigenvalue weighted by atomic mass is 32.2. The quantitative estimate of drug-likeness (QED) is 0.748. The Morgan fingerprint density at radius 2 is 2.00 bits per heavy atom. The lowest BCUT2D eigenvalue weighted by atomic mass is 9.94. The first kappa shape index (κ1) is 17.8. The van der Waals surface area contributed by atoms with Crippen molar-refractivity contribution in [3.05, 3.63) is 40.5 Å². The second-order valence-electron chi connectivity index (χ2n) is 7.04. The van der Waals surface area contributed by atoms with E-state index in [2.05, 4.69) is 37.2 Å². The Kier molecular flexibility index (Phi) is 4.64. The third kappa shape index (κ3) is 3.02. The molecule has 1 aromatic carbocycles.